The van der Waals surface area contributed by atoms with Crippen molar-refractivity contribution in [3.63, 3.8) is 0 Å². The van der Waals surface area contributed by atoms with Crippen LogP contribution < -0.4 is 10.6 Å². The summed E-state index contributed by atoms with van der Waals surface area (Å²) < 4.78 is 1.75. The molecule has 1 aliphatic heterocycles. The van der Waals surface area contributed by atoms with Gasteiger partial charge >= 0.3 is 0 Å². The molecule has 2 heterocycles. The molecule has 6 nitrogen and oxygen atoms in total. The number of hydrogen-bond donors (Lipinski definition) is 2. The molecule has 0 saturated carbocycles. The average molecular weight is 412 g/mol. The van der Waals surface area contributed by atoms with Crippen LogP contribution in [0.3, 0.4) is 0 Å². The minimum absolute atomic E-state index is 0.192. The number of anilines is 2. The van der Waals surface area contributed by atoms with Crippen LogP contribution in [0.5, 0.6) is 0 Å². The molecule has 0 bridgehead atoms. The summed E-state index contributed by atoms with van der Waals surface area (Å²) in [6.45, 7) is 1.87. The number of amides is 1. The van der Waals surface area contributed by atoms with Gasteiger partial charge in [0.2, 0.25) is 11.1 Å². The highest BCUT2D eigenvalue weighted by Crippen LogP contribution is 2.36. The summed E-state index contributed by atoms with van der Waals surface area (Å²) in [4.78, 5) is 17.7. The van der Waals surface area contributed by atoms with Gasteiger partial charge in [0.1, 0.15) is 6.04 Å². The lowest BCUT2D eigenvalue weighted by Gasteiger charge is -2.28. The quantitative estimate of drug-likeness (QED) is 0.615. The molecular formula is C20H18ClN5OS. The van der Waals surface area contributed by atoms with Crippen LogP contribution in [-0.2, 0) is 4.79 Å². The number of rotatable bonds is 4. The maximum atomic E-state index is 13.2. The monoisotopic (exact) mass is 411 g/mol. The number of aromatic nitrogens is 3. The van der Waals surface area contributed by atoms with Crippen molar-refractivity contribution in [2.24, 2.45) is 0 Å². The molecule has 0 aliphatic carbocycles. The summed E-state index contributed by atoms with van der Waals surface area (Å²) in [6.07, 6.45) is 1.92. The van der Waals surface area contributed by atoms with Gasteiger partial charge in [-0.05, 0) is 43.0 Å². The summed E-state index contributed by atoms with van der Waals surface area (Å²) in [5.74, 6) is 0.418. The third-order valence-electron chi connectivity index (χ3n) is 4.48. The zero-order chi connectivity index (χ0) is 19.7. The highest BCUT2D eigenvalue weighted by Gasteiger charge is 2.34. The molecule has 142 valence electrons. The van der Waals surface area contributed by atoms with Gasteiger partial charge in [0.05, 0.1) is 5.57 Å². The first kappa shape index (κ1) is 18.6. The van der Waals surface area contributed by atoms with E-state index in [-0.39, 0.29) is 5.91 Å². The summed E-state index contributed by atoms with van der Waals surface area (Å²) in [5, 5.41) is 12.0. The number of hydrogen-bond acceptors (Lipinski definition) is 5. The van der Waals surface area contributed by atoms with Gasteiger partial charge in [-0.3, -0.25) is 4.79 Å². The Hall–Kier alpha value is -2.77. The summed E-state index contributed by atoms with van der Waals surface area (Å²) in [7, 11) is 0. The molecule has 2 aromatic carbocycles. The first-order valence-corrected chi connectivity index (χ1v) is 10.3. The van der Waals surface area contributed by atoms with Crippen molar-refractivity contribution < 1.29 is 4.79 Å². The minimum Gasteiger partial charge on any atom is -0.328 e. The largest absolute Gasteiger partial charge is 0.328 e. The Kier molecular flexibility index (Phi) is 5.11. The second kappa shape index (κ2) is 7.69. The lowest BCUT2D eigenvalue weighted by Crippen LogP contribution is -2.31. The van der Waals surface area contributed by atoms with Crippen LogP contribution in [0, 0.1) is 0 Å². The normalized spacial score (nSPS) is 15.8. The van der Waals surface area contributed by atoms with E-state index in [2.05, 4.69) is 20.7 Å². The topological polar surface area (TPSA) is 71.8 Å². The molecule has 2 N–H and O–H groups in total. The van der Waals surface area contributed by atoms with Gasteiger partial charge in [-0.1, -0.05) is 53.7 Å². The molecule has 0 radical (unpaired) electrons. The molecule has 1 aromatic heterocycles. The van der Waals surface area contributed by atoms with E-state index in [1.165, 1.54) is 11.8 Å². The lowest BCUT2D eigenvalue weighted by atomic mass is 9.95. The number of nitrogens with one attached hydrogen (secondary N) is 2. The third-order valence-corrected chi connectivity index (χ3v) is 5.27. The van der Waals surface area contributed by atoms with Crippen LogP contribution in [0.1, 0.15) is 18.5 Å². The van der Waals surface area contributed by atoms with Gasteiger partial charge < -0.3 is 10.6 Å². The van der Waals surface area contributed by atoms with Crippen molar-refractivity contribution >= 4 is 40.9 Å². The van der Waals surface area contributed by atoms with Crippen LogP contribution in [0.15, 0.2) is 71.0 Å². The maximum Gasteiger partial charge on any atom is 0.255 e. The maximum absolute atomic E-state index is 13.2. The molecule has 1 aliphatic rings. The number of fused-ring (bicyclic) bond motifs is 1. The molecule has 8 heteroatoms. The number of thioether (sulfide) groups is 1. The third kappa shape index (κ3) is 3.50. The standard InChI is InChI=1S/C20H18ClN5OS/c1-12-16(18(27)23-15-6-4-3-5-7-15)17(13-8-10-14(21)11-9-13)26-19(22-12)24-20(25-26)28-2/h3-11,17H,1-2H3,(H,23,27)(H,22,24,25)/t17-/m0/s1. The fourth-order valence-electron chi connectivity index (χ4n) is 3.19. The number of para-hydroxylation sites is 1. The van der Waals surface area contributed by atoms with E-state index in [1.54, 1.807) is 4.68 Å². The second-order valence-electron chi connectivity index (χ2n) is 6.30. The van der Waals surface area contributed by atoms with Gasteiger partial charge in [0.15, 0.2) is 0 Å². The first-order valence-electron chi connectivity index (χ1n) is 8.67. The Morgan fingerprint density at radius 2 is 1.89 bits per heavy atom. The van der Waals surface area contributed by atoms with Gasteiger partial charge in [-0.2, -0.15) is 4.98 Å². The highest BCUT2D eigenvalue weighted by atomic mass is 35.5. The van der Waals surface area contributed by atoms with Crippen molar-refractivity contribution in [3.05, 3.63) is 76.5 Å². The molecule has 3 aromatic rings. The number of benzene rings is 2. The number of carbonyl (C=O) groups is 1. The molecule has 1 amide bonds. The predicted molar refractivity (Wildman–Crippen MR) is 113 cm³/mol. The molecule has 0 spiro atoms. The zero-order valence-corrected chi connectivity index (χ0v) is 16.9. The van der Waals surface area contributed by atoms with Crippen molar-refractivity contribution in [2.75, 3.05) is 16.9 Å². The second-order valence-corrected chi connectivity index (χ2v) is 7.51. The van der Waals surface area contributed by atoms with E-state index in [4.69, 9.17) is 11.6 Å². The predicted octanol–water partition coefficient (Wildman–Crippen LogP) is 4.58. The molecule has 0 saturated heterocycles. The van der Waals surface area contributed by atoms with Gasteiger partial charge in [0, 0.05) is 16.4 Å². The van der Waals surface area contributed by atoms with Crippen molar-refractivity contribution in [1.82, 2.24) is 14.8 Å². The van der Waals surface area contributed by atoms with Crippen LogP contribution in [0.25, 0.3) is 0 Å². The van der Waals surface area contributed by atoms with Crippen LogP contribution in [0.4, 0.5) is 11.6 Å². The van der Waals surface area contributed by atoms with E-state index in [1.807, 2.05) is 67.8 Å². The van der Waals surface area contributed by atoms with E-state index in [9.17, 15) is 4.79 Å². The number of carbonyl (C=O) groups excluding carboxylic acids is 1. The van der Waals surface area contributed by atoms with Crippen LogP contribution >= 0.6 is 23.4 Å². The fourth-order valence-corrected chi connectivity index (χ4v) is 3.66. The molecule has 4 rings (SSSR count). The number of nitrogens with zero attached hydrogens (tertiary/aromatic N) is 3. The van der Waals surface area contributed by atoms with E-state index >= 15 is 0 Å². The molecule has 28 heavy (non-hydrogen) atoms. The molecule has 0 fully saturated rings. The summed E-state index contributed by atoms with van der Waals surface area (Å²) in [6, 6.07) is 16.4. The Morgan fingerprint density at radius 1 is 1.18 bits per heavy atom. The molecule has 1 atom stereocenters. The SMILES string of the molecule is CSc1nc2n(n1)[C@@H](c1ccc(Cl)cc1)C(C(=O)Nc1ccccc1)=C(C)N2. The van der Waals surface area contributed by atoms with Gasteiger partial charge in [-0.15, -0.1) is 5.10 Å². The first-order chi connectivity index (χ1) is 13.6. The van der Waals surface area contributed by atoms with E-state index in [0.29, 0.717) is 21.7 Å². The number of halogens is 1. The van der Waals surface area contributed by atoms with Crippen molar-refractivity contribution in [2.45, 2.75) is 18.1 Å². The number of allylic oxidation sites excluding steroid dienone is 1. The lowest BCUT2D eigenvalue weighted by molar-refractivity contribution is -0.113. The Labute approximate surface area is 172 Å². The highest BCUT2D eigenvalue weighted by molar-refractivity contribution is 7.98. The Bertz CT molecular complexity index is 1050. The van der Waals surface area contributed by atoms with E-state index in [0.717, 1.165) is 16.9 Å². The van der Waals surface area contributed by atoms with E-state index < -0.39 is 6.04 Å². The smallest absolute Gasteiger partial charge is 0.255 e. The minimum atomic E-state index is -0.411. The van der Waals surface area contributed by atoms with Crippen LogP contribution in [-0.4, -0.2) is 26.9 Å². The van der Waals surface area contributed by atoms with Crippen molar-refractivity contribution in [1.29, 1.82) is 0 Å². The van der Waals surface area contributed by atoms with Gasteiger partial charge in [0.25, 0.3) is 5.91 Å². The summed E-state index contributed by atoms with van der Waals surface area (Å²) >= 11 is 7.52. The molecule has 0 unspecified atom stereocenters. The van der Waals surface area contributed by atoms with Gasteiger partial charge in [-0.25, -0.2) is 4.68 Å². The van der Waals surface area contributed by atoms with Crippen molar-refractivity contribution in [3.8, 4) is 0 Å². The average Bonchev–Trinajstić information content (AvgIpc) is 3.11. The fraction of sp³-hybridized carbons (Fsp3) is 0.150. The Morgan fingerprint density at radius 3 is 2.57 bits per heavy atom. The van der Waals surface area contributed by atoms with Crippen LogP contribution in [0.2, 0.25) is 5.02 Å². The summed E-state index contributed by atoms with van der Waals surface area (Å²) in [5.41, 5.74) is 2.95. The zero-order valence-electron chi connectivity index (χ0n) is 15.3. The molecular weight excluding hydrogens is 394 g/mol. The Balaban J connectivity index is 1.79.